The van der Waals surface area contributed by atoms with Gasteiger partial charge in [-0.1, -0.05) is 151 Å². The van der Waals surface area contributed by atoms with Crippen LogP contribution in [-0.2, 0) is 10.8 Å². The van der Waals surface area contributed by atoms with Crippen LogP contribution >= 0.6 is 0 Å². The van der Waals surface area contributed by atoms with E-state index in [0.29, 0.717) is 0 Å². The van der Waals surface area contributed by atoms with Crippen LogP contribution in [-0.4, -0.2) is 0 Å². The molecule has 0 N–H and O–H groups in total. The summed E-state index contributed by atoms with van der Waals surface area (Å²) in [4.78, 5) is 0. The highest BCUT2D eigenvalue weighted by Crippen LogP contribution is 2.61. The second kappa shape index (κ2) is 9.76. The van der Waals surface area contributed by atoms with Crippen LogP contribution in [0.3, 0.4) is 0 Å². The monoisotopic (exact) mass is 526 g/mol. The third kappa shape index (κ3) is 4.18. The third-order valence-electron chi connectivity index (χ3n) is 10.8. The molecule has 0 spiro atoms. The molecule has 0 heterocycles. The van der Waals surface area contributed by atoms with Gasteiger partial charge in [0.05, 0.1) is 0 Å². The zero-order chi connectivity index (χ0) is 28.2. The van der Waals surface area contributed by atoms with Crippen molar-refractivity contribution in [2.45, 2.75) is 90.9 Å². The van der Waals surface area contributed by atoms with E-state index in [1.807, 2.05) is 0 Å². The van der Waals surface area contributed by atoms with E-state index in [4.69, 9.17) is 0 Å². The average molecular weight is 527 g/mol. The lowest BCUT2D eigenvalue weighted by atomic mass is 9.59. The fraction of sp³-hybridized carbons (Fsp3) is 0.400. The SMILES string of the molecule is CCC(C)(C)CC1(CCC2(CC(C)(C)CC)c3ccccc3-c3ccccc32)c2ccccc2-c2ccccc21. The summed E-state index contributed by atoms with van der Waals surface area (Å²) in [6.07, 6.45) is 6.99. The molecule has 0 heteroatoms. The van der Waals surface area contributed by atoms with Gasteiger partial charge in [-0.05, 0) is 81.0 Å². The molecule has 6 rings (SSSR count). The van der Waals surface area contributed by atoms with Gasteiger partial charge in [0, 0.05) is 10.8 Å². The number of rotatable bonds is 9. The lowest BCUT2D eigenvalue weighted by molar-refractivity contribution is 0.204. The van der Waals surface area contributed by atoms with E-state index in [1.54, 1.807) is 22.3 Å². The Labute approximate surface area is 242 Å². The molecule has 0 aliphatic heterocycles. The zero-order valence-electron chi connectivity index (χ0n) is 25.5. The largest absolute Gasteiger partial charge is 0.0649 e. The Morgan fingerprint density at radius 3 is 0.925 bits per heavy atom. The van der Waals surface area contributed by atoms with E-state index in [-0.39, 0.29) is 21.7 Å². The molecule has 0 atom stereocenters. The van der Waals surface area contributed by atoms with Crippen LogP contribution in [0.2, 0.25) is 0 Å². The Balaban J connectivity index is 1.56. The summed E-state index contributed by atoms with van der Waals surface area (Å²) in [7, 11) is 0. The van der Waals surface area contributed by atoms with Gasteiger partial charge in [0.15, 0.2) is 0 Å². The topological polar surface area (TPSA) is 0 Å². The normalized spacial score (nSPS) is 16.2. The maximum atomic E-state index is 2.48. The van der Waals surface area contributed by atoms with Crippen molar-refractivity contribution in [3.63, 3.8) is 0 Å². The number of hydrogen-bond acceptors (Lipinski definition) is 0. The molecule has 4 aromatic rings. The number of fused-ring (bicyclic) bond motifs is 6. The highest BCUT2D eigenvalue weighted by atomic mass is 14.5. The Kier molecular flexibility index (Phi) is 6.60. The van der Waals surface area contributed by atoms with Crippen LogP contribution in [0, 0.1) is 10.8 Å². The Morgan fingerprint density at radius 2 is 0.675 bits per heavy atom. The fourth-order valence-electron chi connectivity index (χ4n) is 8.24. The molecule has 0 saturated heterocycles. The predicted octanol–water partition coefficient (Wildman–Crippen LogP) is 11.4. The Morgan fingerprint density at radius 1 is 0.425 bits per heavy atom. The quantitative estimate of drug-likeness (QED) is 0.203. The Hall–Kier alpha value is -3.12. The molecular weight excluding hydrogens is 480 g/mol. The minimum Gasteiger partial charge on any atom is -0.0649 e. The first kappa shape index (κ1) is 27.1. The number of hydrogen-bond donors (Lipinski definition) is 0. The standard InChI is InChI=1S/C40H46/c1-7-37(3,4)27-39(33-21-13-9-17-29(33)30-18-10-14-22-34(30)39)25-26-40(28-38(5,6)8-2)35-23-15-11-19-31(35)32-20-12-16-24-36(32)40/h9-24H,7-8,25-28H2,1-6H3. The van der Waals surface area contributed by atoms with Gasteiger partial charge in [0.25, 0.3) is 0 Å². The maximum Gasteiger partial charge on any atom is 0.0220 e. The van der Waals surface area contributed by atoms with Gasteiger partial charge in [-0.3, -0.25) is 0 Å². The molecule has 0 nitrogen and oxygen atoms in total. The summed E-state index contributed by atoms with van der Waals surface area (Å²) in [5.41, 5.74) is 12.4. The summed E-state index contributed by atoms with van der Waals surface area (Å²) in [5, 5.41) is 0. The minimum atomic E-state index is 0.00251. The van der Waals surface area contributed by atoms with Crippen LogP contribution < -0.4 is 0 Å². The van der Waals surface area contributed by atoms with Crippen molar-refractivity contribution in [2.24, 2.45) is 10.8 Å². The molecule has 2 aliphatic rings. The highest BCUT2D eigenvalue weighted by molar-refractivity contribution is 5.82. The summed E-state index contributed by atoms with van der Waals surface area (Å²) in [6.45, 7) is 14.7. The average Bonchev–Trinajstić information content (AvgIpc) is 3.40. The van der Waals surface area contributed by atoms with Gasteiger partial charge >= 0.3 is 0 Å². The minimum absolute atomic E-state index is 0.00251. The molecule has 0 amide bonds. The summed E-state index contributed by atoms with van der Waals surface area (Å²) >= 11 is 0. The second-order valence-corrected chi connectivity index (χ2v) is 14.2. The van der Waals surface area contributed by atoms with Gasteiger partial charge in [-0.15, -0.1) is 0 Å². The van der Waals surface area contributed by atoms with E-state index >= 15 is 0 Å². The molecule has 0 unspecified atom stereocenters. The van der Waals surface area contributed by atoms with Gasteiger partial charge in [0.2, 0.25) is 0 Å². The van der Waals surface area contributed by atoms with Crippen molar-refractivity contribution in [2.75, 3.05) is 0 Å². The van der Waals surface area contributed by atoms with Gasteiger partial charge in [-0.25, -0.2) is 0 Å². The fourth-order valence-corrected chi connectivity index (χ4v) is 8.24. The molecule has 0 fully saturated rings. The van der Waals surface area contributed by atoms with Crippen molar-refractivity contribution in [3.8, 4) is 22.3 Å². The van der Waals surface area contributed by atoms with Crippen molar-refractivity contribution in [3.05, 3.63) is 119 Å². The van der Waals surface area contributed by atoms with Crippen LogP contribution in [0.15, 0.2) is 97.1 Å². The van der Waals surface area contributed by atoms with E-state index in [0.717, 1.165) is 12.8 Å². The summed E-state index contributed by atoms with van der Waals surface area (Å²) in [6, 6.07) is 37.2. The van der Waals surface area contributed by atoms with Crippen molar-refractivity contribution < 1.29 is 0 Å². The molecule has 4 aromatic carbocycles. The maximum absolute atomic E-state index is 2.48. The van der Waals surface area contributed by atoms with Crippen molar-refractivity contribution >= 4 is 0 Å². The smallest absolute Gasteiger partial charge is 0.0220 e. The summed E-state index contributed by atoms with van der Waals surface area (Å²) < 4.78 is 0. The van der Waals surface area contributed by atoms with E-state index in [9.17, 15) is 0 Å². The first-order valence-corrected chi connectivity index (χ1v) is 15.6. The van der Waals surface area contributed by atoms with Crippen LogP contribution in [0.25, 0.3) is 22.3 Å². The lowest BCUT2D eigenvalue weighted by Gasteiger charge is -2.44. The van der Waals surface area contributed by atoms with Crippen molar-refractivity contribution in [1.29, 1.82) is 0 Å². The molecular formula is C40H46. The first-order chi connectivity index (χ1) is 19.2. The summed E-state index contributed by atoms with van der Waals surface area (Å²) in [5.74, 6) is 0. The third-order valence-corrected chi connectivity index (χ3v) is 10.8. The van der Waals surface area contributed by atoms with Gasteiger partial charge in [-0.2, -0.15) is 0 Å². The van der Waals surface area contributed by atoms with E-state index in [2.05, 4.69) is 139 Å². The molecule has 0 bridgehead atoms. The molecule has 40 heavy (non-hydrogen) atoms. The van der Waals surface area contributed by atoms with Crippen molar-refractivity contribution in [1.82, 2.24) is 0 Å². The van der Waals surface area contributed by atoms with E-state index in [1.165, 1.54) is 47.9 Å². The van der Waals surface area contributed by atoms with Gasteiger partial charge in [0.1, 0.15) is 0 Å². The molecule has 0 aromatic heterocycles. The van der Waals surface area contributed by atoms with Gasteiger partial charge < -0.3 is 0 Å². The molecule has 2 aliphatic carbocycles. The van der Waals surface area contributed by atoms with Crippen LogP contribution in [0.1, 0.15) is 102 Å². The molecule has 206 valence electrons. The second-order valence-electron chi connectivity index (χ2n) is 14.2. The van der Waals surface area contributed by atoms with Crippen LogP contribution in [0.5, 0.6) is 0 Å². The Bertz CT molecular complexity index is 1320. The van der Waals surface area contributed by atoms with E-state index < -0.39 is 0 Å². The molecule has 0 saturated carbocycles. The number of benzene rings is 4. The molecule has 0 radical (unpaired) electrons. The first-order valence-electron chi connectivity index (χ1n) is 15.6. The van der Waals surface area contributed by atoms with Crippen LogP contribution in [0.4, 0.5) is 0 Å². The lowest BCUT2D eigenvalue weighted by Crippen LogP contribution is -2.37. The predicted molar refractivity (Wildman–Crippen MR) is 172 cm³/mol. The highest BCUT2D eigenvalue weighted by Gasteiger charge is 2.50. The zero-order valence-corrected chi connectivity index (χ0v) is 25.5.